The molecule has 0 amide bonds. The van der Waals surface area contributed by atoms with Gasteiger partial charge in [0.25, 0.3) is 0 Å². The van der Waals surface area contributed by atoms with Crippen LogP contribution in [0.3, 0.4) is 0 Å². The van der Waals surface area contributed by atoms with E-state index in [9.17, 15) is 14.4 Å². The van der Waals surface area contributed by atoms with Crippen LogP contribution >= 0.6 is 15.9 Å². The third kappa shape index (κ3) is 11.2. The number of carbonyl (C=O) groups is 3. The molecule has 0 aliphatic heterocycles. The highest BCUT2D eigenvalue weighted by atomic mass is 79.9. The summed E-state index contributed by atoms with van der Waals surface area (Å²) in [5.74, 6) is -0.676. The Kier molecular flexibility index (Phi) is 14.3. The largest absolute Gasteiger partial charge is 0.492 e. The van der Waals surface area contributed by atoms with Gasteiger partial charge in [-0.15, -0.1) is 0 Å². The monoisotopic (exact) mass is 652 g/mol. The molecule has 3 aromatic rings. The predicted octanol–water partition coefficient (Wildman–Crippen LogP) is 8.96. The van der Waals surface area contributed by atoms with Gasteiger partial charge in [0, 0.05) is 0 Å². The minimum atomic E-state index is -1.02. The molecule has 7 nitrogen and oxygen atoms in total. The van der Waals surface area contributed by atoms with E-state index in [0.29, 0.717) is 18.8 Å². The minimum Gasteiger partial charge on any atom is -0.492 e. The fourth-order valence-electron chi connectivity index (χ4n) is 4.23. The fraction of sp³-hybridized carbons (Fsp3) is 0.400. The summed E-state index contributed by atoms with van der Waals surface area (Å²) in [6, 6.07) is 19.0. The van der Waals surface area contributed by atoms with Gasteiger partial charge in [-0.2, -0.15) is 0 Å². The molecule has 3 aromatic carbocycles. The summed E-state index contributed by atoms with van der Waals surface area (Å²) in [7, 11) is 0. The van der Waals surface area contributed by atoms with E-state index in [1.807, 2.05) is 30.3 Å². The SMILES string of the molecule is CCCCCCOC(=O)C(C)OC(=O)c1ccc(OC(=O)c2ccc(-c3ccc(OCCCCCC)c(Br)c3)cc2)cc1. The Hall–Kier alpha value is -3.65. The van der Waals surface area contributed by atoms with Crippen LogP contribution in [0, 0.1) is 0 Å². The molecule has 0 bridgehead atoms. The molecule has 0 fully saturated rings. The maximum atomic E-state index is 12.7. The first-order valence-corrected chi connectivity index (χ1v) is 15.8. The molecule has 3 rings (SSSR count). The van der Waals surface area contributed by atoms with Crippen molar-refractivity contribution in [3.05, 3.63) is 82.3 Å². The van der Waals surface area contributed by atoms with E-state index in [1.54, 1.807) is 12.1 Å². The smallest absolute Gasteiger partial charge is 0.347 e. The molecule has 8 heteroatoms. The van der Waals surface area contributed by atoms with Gasteiger partial charge in [0.1, 0.15) is 11.5 Å². The summed E-state index contributed by atoms with van der Waals surface area (Å²) < 4.78 is 22.7. The summed E-state index contributed by atoms with van der Waals surface area (Å²) >= 11 is 3.60. The van der Waals surface area contributed by atoms with E-state index in [2.05, 4.69) is 29.8 Å². The van der Waals surface area contributed by atoms with Gasteiger partial charge in [-0.25, -0.2) is 14.4 Å². The van der Waals surface area contributed by atoms with Crippen molar-refractivity contribution in [2.75, 3.05) is 13.2 Å². The van der Waals surface area contributed by atoms with Gasteiger partial charge in [-0.3, -0.25) is 0 Å². The number of hydrogen-bond donors (Lipinski definition) is 0. The quantitative estimate of drug-likeness (QED) is 0.0817. The molecule has 0 aromatic heterocycles. The van der Waals surface area contributed by atoms with Gasteiger partial charge in [-0.05, 0) is 95.4 Å². The molecule has 0 aliphatic rings. The first kappa shape index (κ1) is 33.8. The first-order valence-electron chi connectivity index (χ1n) is 15.0. The third-order valence-corrected chi connectivity index (χ3v) is 7.42. The molecule has 43 heavy (non-hydrogen) atoms. The van der Waals surface area contributed by atoms with Crippen LogP contribution in [0.1, 0.15) is 92.9 Å². The number of rotatable bonds is 17. The molecule has 0 saturated heterocycles. The van der Waals surface area contributed by atoms with E-state index in [-0.39, 0.29) is 11.3 Å². The van der Waals surface area contributed by atoms with E-state index in [1.165, 1.54) is 50.5 Å². The number of esters is 3. The average molecular weight is 654 g/mol. The highest BCUT2D eigenvalue weighted by Gasteiger charge is 2.20. The normalized spacial score (nSPS) is 11.4. The number of unbranched alkanes of at least 4 members (excludes halogenated alkanes) is 6. The van der Waals surface area contributed by atoms with Crippen molar-refractivity contribution in [2.45, 2.75) is 78.2 Å². The lowest BCUT2D eigenvalue weighted by molar-refractivity contribution is -0.153. The van der Waals surface area contributed by atoms with Crippen LogP contribution in [0.2, 0.25) is 0 Å². The molecular weight excluding hydrogens is 612 g/mol. The van der Waals surface area contributed by atoms with Crippen LogP contribution < -0.4 is 9.47 Å². The summed E-state index contributed by atoms with van der Waals surface area (Å²) in [6.45, 7) is 6.77. The van der Waals surface area contributed by atoms with Gasteiger partial charge in [0.2, 0.25) is 0 Å². The fourth-order valence-corrected chi connectivity index (χ4v) is 4.72. The van der Waals surface area contributed by atoms with E-state index in [0.717, 1.165) is 53.5 Å². The molecule has 0 spiro atoms. The molecule has 0 N–H and O–H groups in total. The Morgan fingerprint density at radius 2 is 1.28 bits per heavy atom. The van der Waals surface area contributed by atoms with Crippen molar-refractivity contribution < 1.29 is 33.3 Å². The van der Waals surface area contributed by atoms with Crippen LogP contribution in [-0.2, 0) is 14.3 Å². The topological polar surface area (TPSA) is 88.1 Å². The molecule has 230 valence electrons. The van der Waals surface area contributed by atoms with Crippen molar-refractivity contribution in [3.8, 4) is 22.6 Å². The summed E-state index contributed by atoms with van der Waals surface area (Å²) in [4.78, 5) is 37.3. The number of ether oxygens (including phenoxy) is 4. The van der Waals surface area contributed by atoms with E-state index in [4.69, 9.17) is 18.9 Å². The Balaban J connectivity index is 1.49. The summed E-state index contributed by atoms with van der Waals surface area (Å²) in [6.07, 6.45) is 7.54. The van der Waals surface area contributed by atoms with Crippen molar-refractivity contribution in [3.63, 3.8) is 0 Å². The number of benzene rings is 3. The summed E-state index contributed by atoms with van der Waals surface area (Å²) in [5.41, 5.74) is 2.55. The molecule has 0 saturated carbocycles. The van der Waals surface area contributed by atoms with Gasteiger partial charge in [0.05, 0.1) is 28.8 Å². The second kappa shape index (κ2) is 18.1. The predicted molar refractivity (Wildman–Crippen MR) is 171 cm³/mol. The van der Waals surface area contributed by atoms with Crippen molar-refractivity contribution in [1.29, 1.82) is 0 Å². The maximum absolute atomic E-state index is 12.7. The van der Waals surface area contributed by atoms with Gasteiger partial charge < -0.3 is 18.9 Å². The number of halogens is 1. The van der Waals surface area contributed by atoms with Crippen molar-refractivity contribution >= 4 is 33.8 Å². The average Bonchev–Trinajstić information content (AvgIpc) is 3.01. The van der Waals surface area contributed by atoms with Crippen LogP contribution in [0.5, 0.6) is 11.5 Å². The molecule has 0 radical (unpaired) electrons. The minimum absolute atomic E-state index is 0.228. The second-order valence-electron chi connectivity index (χ2n) is 10.3. The maximum Gasteiger partial charge on any atom is 0.347 e. The van der Waals surface area contributed by atoms with Crippen LogP contribution in [0.4, 0.5) is 0 Å². The third-order valence-electron chi connectivity index (χ3n) is 6.80. The molecule has 0 heterocycles. The zero-order valence-electron chi connectivity index (χ0n) is 25.2. The molecule has 1 unspecified atom stereocenters. The Labute approximate surface area is 263 Å². The Bertz CT molecular complexity index is 1320. The number of carbonyl (C=O) groups excluding carboxylic acids is 3. The first-order chi connectivity index (χ1) is 20.8. The zero-order valence-corrected chi connectivity index (χ0v) is 26.8. The Morgan fingerprint density at radius 3 is 1.91 bits per heavy atom. The molecule has 0 aliphatic carbocycles. The van der Waals surface area contributed by atoms with E-state index >= 15 is 0 Å². The zero-order chi connectivity index (χ0) is 31.0. The lowest BCUT2D eigenvalue weighted by Crippen LogP contribution is -2.26. The Morgan fingerprint density at radius 1 is 0.698 bits per heavy atom. The van der Waals surface area contributed by atoms with Crippen LogP contribution in [-0.4, -0.2) is 37.2 Å². The van der Waals surface area contributed by atoms with E-state index < -0.39 is 24.0 Å². The molecular formula is C35H41BrO7. The van der Waals surface area contributed by atoms with Crippen LogP contribution in [0.15, 0.2) is 71.2 Å². The van der Waals surface area contributed by atoms with Gasteiger partial charge >= 0.3 is 17.9 Å². The number of hydrogen-bond acceptors (Lipinski definition) is 7. The summed E-state index contributed by atoms with van der Waals surface area (Å²) in [5, 5.41) is 0. The van der Waals surface area contributed by atoms with Gasteiger partial charge in [0.15, 0.2) is 6.10 Å². The standard InChI is InChI=1S/C35H41BrO7/c1-4-6-8-10-22-40-32-21-18-29(24-31(32)36)26-12-14-27(15-13-26)35(39)43-30-19-16-28(17-20-30)34(38)42-25(3)33(37)41-23-11-9-7-5-2/h12-21,24-25H,4-11,22-23H2,1-3H3. The lowest BCUT2D eigenvalue weighted by Gasteiger charge is -2.13. The van der Waals surface area contributed by atoms with Gasteiger partial charge in [-0.1, -0.05) is 70.6 Å². The second-order valence-corrected chi connectivity index (χ2v) is 11.2. The molecule has 1 atom stereocenters. The van der Waals surface area contributed by atoms with Crippen molar-refractivity contribution in [1.82, 2.24) is 0 Å². The van der Waals surface area contributed by atoms with Crippen molar-refractivity contribution in [2.24, 2.45) is 0 Å². The highest BCUT2D eigenvalue weighted by Crippen LogP contribution is 2.31. The highest BCUT2D eigenvalue weighted by molar-refractivity contribution is 9.10. The lowest BCUT2D eigenvalue weighted by atomic mass is 10.0. The van der Waals surface area contributed by atoms with Crippen LogP contribution in [0.25, 0.3) is 11.1 Å².